The summed E-state index contributed by atoms with van der Waals surface area (Å²) in [4.78, 5) is 2.71. The van der Waals surface area contributed by atoms with Crippen LogP contribution in [0.5, 0.6) is 0 Å². The summed E-state index contributed by atoms with van der Waals surface area (Å²) >= 11 is 0. The van der Waals surface area contributed by atoms with E-state index in [0.717, 1.165) is 5.92 Å². The largest absolute Gasteiger partial charge is 0.316 e. The zero-order chi connectivity index (χ0) is 12.8. The van der Waals surface area contributed by atoms with Crippen molar-refractivity contribution in [1.82, 2.24) is 10.2 Å². The van der Waals surface area contributed by atoms with E-state index in [0.29, 0.717) is 5.41 Å². The van der Waals surface area contributed by atoms with E-state index in [1.165, 1.54) is 77.7 Å². The molecular weight excluding hydrogens is 220 g/mol. The van der Waals surface area contributed by atoms with Gasteiger partial charge in [-0.25, -0.2) is 0 Å². The van der Waals surface area contributed by atoms with Crippen molar-refractivity contribution in [3.05, 3.63) is 0 Å². The van der Waals surface area contributed by atoms with E-state index in [2.05, 4.69) is 24.1 Å². The van der Waals surface area contributed by atoms with Crippen molar-refractivity contribution < 1.29 is 0 Å². The third-order valence-electron chi connectivity index (χ3n) is 4.93. The number of hydrogen-bond acceptors (Lipinski definition) is 2. The average molecular weight is 252 g/mol. The normalized spacial score (nSPS) is 28.0. The summed E-state index contributed by atoms with van der Waals surface area (Å²) in [5, 5.41) is 3.53. The highest BCUT2D eigenvalue weighted by Gasteiger charge is 2.40. The highest BCUT2D eigenvalue weighted by molar-refractivity contribution is 4.94. The van der Waals surface area contributed by atoms with Crippen LogP contribution in [0.15, 0.2) is 0 Å². The van der Waals surface area contributed by atoms with Crippen LogP contribution in [-0.4, -0.2) is 37.6 Å². The lowest BCUT2D eigenvalue weighted by atomic mass is 9.72. The molecule has 0 radical (unpaired) electrons. The number of nitrogens with zero attached hydrogens (tertiary/aromatic N) is 1. The van der Waals surface area contributed by atoms with Crippen LogP contribution in [0.4, 0.5) is 0 Å². The highest BCUT2D eigenvalue weighted by atomic mass is 15.2. The molecule has 1 unspecified atom stereocenters. The molecule has 2 aliphatic heterocycles. The molecule has 0 aromatic carbocycles. The Morgan fingerprint density at radius 1 is 1.17 bits per heavy atom. The molecule has 1 atom stereocenters. The smallest absolute Gasteiger partial charge is 0.00505 e. The minimum absolute atomic E-state index is 0.703. The van der Waals surface area contributed by atoms with Crippen LogP contribution in [-0.2, 0) is 0 Å². The molecular formula is C16H32N2. The molecule has 2 rings (SSSR count). The Morgan fingerprint density at radius 2 is 1.89 bits per heavy atom. The van der Waals surface area contributed by atoms with Gasteiger partial charge >= 0.3 is 0 Å². The standard InChI is InChI=1S/C16H32N2/c1-3-8-16(9-4-2)13-18(14-16)11-7-15-6-5-10-17-12-15/h15,17H,3-14H2,1-2H3. The number of nitrogens with one attached hydrogen (secondary N) is 1. The van der Waals surface area contributed by atoms with Crippen molar-refractivity contribution in [1.29, 1.82) is 0 Å². The summed E-state index contributed by atoms with van der Waals surface area (Å²) in [6.45, 7) is 11.3. The van der Waals surface area contributed by atoms with Gasteiger partial charge in [0, 0.05) is 13.1 Å². The summed E-state index contributed by atoms with van der Waals surface area (Å²) in [5.41, 5.74) is 0.703. The van der Waals surface area contributed by atoms with Crippen LogP contribution in [0.1, 0.15) is 58.8 Å². The highest BCUT2D eigenvalue weighted by Crippen LogP contribution is 2.39. The van der Waals surface area contributed by atoms with E-state index < -0.39 is 0 Å². The summed E-state index contributed by atoms with van der Waals surface area (Å²) in [6, 6.07) is 0. The summed E-state index contributed by atoms with van der Waals surface area (Å²) in [6.07, 6.45) is 9.88. The van der Waals surface area contributed by atoms with E-state index in [-0.39, 0.29) is 0 Å². The van der Waals surface area contributed by atoms with Crippen molar-refractivity contribution in [3.63, 3.8) is 0 Å². The van der Waals surface area contributed by atoms with Crippen LogP contribution >= 0.6 is 0 Å². The van der Waals surface area contributed by atoms with E-state index in [9.17, 15) is 0 Å². The maximum Gasteiger partial charge on any atom is 0.00505 e. The molecule has 2 heterocycles. The van der Waals surface area contributed by atoms with Crippen LogP contribution in [0, 0.1) is 11.3 Å². The molecule has 0 bridgehead atoms. The van der Waals surface area contributed by atoms with Gasteiger partial charge in [0.25, 0.3) is 0 Å². The Kier molecular flexibility index (Phi) is 5.50. The van der Waals surface area contributed by atoms with Crippen molar-refractivity contribution in [2.45, 2.75) is 58.8 Å². The fourth-order valence-corrected chi connectivity index (χ4v) is 4.10. The molecule has 0 aliphatic carbocycles. The summed E-state index contributed by atoms with van der Waals surface area (Å²) in [7, 11) is 0. The Balaban J connectivity index is 1.64. The molecule has 2 aliphatic rings. The predicted octanol–water partition coefficient (Wildman–Crippen LogP) is 3.28. The first-order valence-corrected chi connectivity index (χ1v) is 8.21. The molecule has 18 heavy (non-hydrogen) atoms. The number of rotatable bonds is 7. The van der Waals surface area contributed by atoms with E-state index in [4.69, 9.17) is 0 Å². The molecule has 0 aromatic rings. The molecule has 0 aromatic heterocycles. The first-order valence-electron chi connectivity index (χ1n) is 8.21. The lowest BCUT2D eigenvalue weighted by Gasteiger charge is -2.51. The van der Waals surface area contributed by atoms with Crippen molar-refractivity contribution >= 4 is 0 Å². The fourth-order valence-electron chi connectivity index (χ4n) is 4.10. The molecule has 2 nitrogen and oxygen atoms in total. The van der Waals surface area contributed by atoms with Gasteiger partial charge in [0.05, 0.1) is 0 Å². The van der Waals surface area contributed by atoms with Crippen LogP contribution in [0.3, 0.4) is 0 Å². The average Bonchev–Trinajstić information content (AvgIpc) is 2.35. The SMILES string of the molecule is CCCC1(CCC)CN(CCC2CCCNC2)C1. The van der Waals surface area contributed by atoms with E-state index in [1.807, 2.05) is 0 Å². The molecule has 0 spiro atoms. The van der Waals surface area contributed by atoms with Gasteiger partial charge in [0.15, 0.2) is 0 Å². The van der Waals surface area contributed by atoms with Crippen molar-refractivity contribution in [2.24, 2.45) is 11.3 Å². The van der Waals surface area contributed by atoms with E-state index >= 15 is 0 Å². The molecule has 2 fully saturated rings. The second-order valence-electron chi connectivity index (χ2n) is 6.71. The van der Waals surface area contributed by atoms with Gasteiger partial charge < -0.3 is 10.2 Å². The van der Waals surface area contributed by atoms with Crippen molar-refractivity contribution in [3.8, 4) is 0 Å². The van der Waals surface area contributed by atoms with Gasteiger partial charge in [-0.2, -0.15) is 0 Å². The first-order chi connectivity index (χ1) is 8.78. The fraction of sp³-hybridized carbons (Fsp3) is 1.00. The molecule has 0 amide bonds. The quantitative estimate of drug-likeness (QED) is 0.748. The van der Waals surface area contributed by atoms with Crippen LogP contribution < -0.4 is 5.32 Å². The Bertz CT molecular complexity index is 219. The van der Waals surface area contributed by atoms with Gasteiger partial charge in [-0.3, -0.25) is 0 Å². The topological polar surface area (TPSA) is 15.3 Å². The Morgan fingerprint density at radius 3 is 2.44 bits per heavy atom. The van der Waals surface area contributed by atoms with E-state index in [1.54, 1.807) is 0 Å². The lowest BCUT2D eigenvalue weighted by molar-refractivity contribution is -0.0179. The minimum Gasteiger partial charge on any atom is -0.316 e. The number of likely N-dealkylation sites (tertiary alicyclic amines) is 1. The Hall–Kier alpha value is -0.0800. The molecule has 1 N–H and O–H groups in total. The third kappa shape index (κ3) is 3.71. The van der Waals surface area contributed by atoms with Gasteiger partial charge in [0.2, 0.25) is 0 Å². The Labute approximate surface area is 114 Å². The zero-order valence-electron chi connectivity index (χ0n) is 12.5. The van der Waals surface area contributed by atoms with Crippen LogP contribution in [0.25, 0.3) is 0 Å². The first kappa shape index (κ1) is 14.3. The minimum atomic E-state index is 0.703. The molecule has 106 valence electrons. The molecule has 2 saturated heterocycles. The second-order valence-corrected chi connectivity index (χ2v) is 6.71. The summed E-state index contributed by atoms with van der Waals surface area (Å²) < 4.78 is 0. The third-order valence-corrected chi connectivity index (χ3v) is 4.93. The molecule has 0 saturated carbocycles. The van der Waals surface area contributed by atoms with Gasteiger partial charge in [-0.15, -0.1) is 0 Å². The zero-order valence-corrected chi connectivity index (χ0v) is 12.5. The maximum atomic E-state index is 3.53. The lowest BCUT2D eigenvalue weighted by Crippen LogP contribution is -2.56. The van der Waals surface area contributed by atoms with Gasteiger partial charge in [-0.05, 0) is 63.1 Å². The van der Waals surface area contributed by atoms with Gasteiger partial charge in [0.1, 0.15) is 0 Å². The summed E-state index contributed by atoms with van der Waals surface area (Å²) in [5.74, 6) is 0.950. The van der Waals surface area contributed by atoms with Crippen molar-refractivity contribution in [2.75, 3.05) is 32.7 Å². The maximum absolute atomic E-state index is 3.53. The van der Waals surface area contributed by atoms with Crippen LogP contribution in [0.2, 0.25) is 0 Å². The second kappa shape index (κ2) is 6.91. The van der Waals surface area contributed by atoms with Gasteiger partial charge in [-0.1, -0.05) is 26.7 Å². The number of piperidine rings is 1. The monoisotopic (exact) mass is 252 g/mol. The number of hydrogen-bond donors (Lipinski definition) is 1. The predicted molar refractivity (Wildman–Crippen MR) is 78.9 cm³/mol. The molecule has 2 heteroatoms.